The minimum Gasteiger partial charge on any atom is -0.469 e. The summed E-state index contributed by atoms with van der Waals surface area (Å²) in [6, 6.07) is 5.82. The topological polar surface area (TPSA) is 26.3 Å². The van der Waals surface area contributed by atoms with Crippen LogP contribution in [0.1, 0.15) is 19.4 Å². The monoisotopic (exact) mass is 364 g/mol. The lowest BCUT2D eigenvalue weighted by atomic mass is 10.1. The van der Waals surface area contributed by atoms with Crippen LogP contribution in [0.2, 0.25) is 0 Å². The van der Waals surface area contributed by atoms with Gasteiger partial charge in [-0.25, -0.2) is 0 Å². The molecule has 23 heavy (non-hydrogen) atoms. The van der Waals surface area contributed by atoms with Gasteiger partial charge >= 0.3 is 11.5 Å². The Labute approximate surface area is 142 Å². The average Bonchev–Trinajstić information content (AvgIpc) is 2.98. The number of thioether (sulfide) groups is 1. The molecule has 2 rings (SSSR count). The first-order chi connectivity index (χ1) is 10.6. The molecule has 1 saturated carbocycles. The molecular formula is C16H16ClF3O2S. The number of methoxy groups -OCH3 is 1. The summed E-state index contributed by atoms with van der Waals surface area (Å²) in [6.07, 6.45) is 1.77. The van der Waals surface area contributed by atoms with E-state index < -0.39 is 5.51 Å². The van der Waals surface area contributed by atoms with Gasteiger partial charge in [0.2, 0.25) is 0 Å². The highest BCUT2D eigenvalue weighted by Gasteiger charge is 2.61. The van der Waals surface area contributed by atoms with Crippen LogP contribution in [-0.4, -0.2) is 18.6 Å². The highest BCUT2D eigenvalue weighted by Crippen LogP contribution is 2.60. The van der Waals surface area contributed by atoms with Crippen LogP contribution < -0.4 is 0 Å². The molecule has 7 heteroatoms. The second-order valence-corrected chi connectivity index (χ2v) is 7.48. The summed E-state index contributed by atoms with van der Waals surface area (Å²) >= 11 is 6.08. The van der Waals surface area contributed by atoms with E-state index in [0.29, 0.717) is 10.6 Å². The molecule has 0 radical (unpaired) electrons. The van der Waals surface area contributed by atoms with Crippen molar-refractivity contribution >= 4 is 34.4 Å². The highest BCUT2D eigenvalue weighted by atomic mass is 35.5. The quantitative estimate of drug-likeness (QED) is 0.534. The molecule has 0 N–H and O–H groups in total. The third kappa shape index (κ3) is 4.23. The zero-order valence-electron chi connectivity index (χ0n) is 12.8. The average molecular weight is 365 g/mol. The van der Waals surface area contributed by atoms with Gasteiger partial charge in [0, 0.05) is 9.93 Å². The van der Waals surface area contributed by atoms with Crippen LogP contribution in [0.15, 0.2) is 35.2 Å². The molecule has 0 amide bonds. The van der Waals surface area contributed by atoms with E-state index in [4.69, 9.17) is 16.3 Å². The molecule has 1 aliphatic rings. The Balaban J connectivity index is 2.12. The summed E-state index contributed by atoms with van der Waals surface area (Å²) in [5.41, 5.74) is -3.93. The third-order valence-electron chi connectivity index (χ3n) is 4.06. The molecule has 0 aliphatic heterocycles. The zero-order valence-corrected chi connectivity index (χ0v) is 14.4. The fourth-order valence-corrected chi connectivity index (χ4v) is 3.44. The van der Waals surface area contributed by atoms with Crippen molar-refractivity contribution in [2.75, 3.05) is 7.11 Å². The standard InChI is InChI=1S/C16H16ClF3O2S/c1-15(2)11(13(15)14(21)22-3)8-12(17)9-4-6-10(7-5-9)23-16(18,19)20/h4-8,11,13H,1-3H3. The van der Waals surface area contributed by atoms with Gasteiger partial charge in [-0.15, -0.1) is 0 Å². The van der Waals surface area contributed by atoms with Gasteiger partial charge in [0.15, 0.2) is 0 Å². The number of esters is 1. The summed E-state index contributed by atoms with van der Waals surface area (Å²) in [7, 11) is 1.34. The minimum absolute atomic E-state index is 0.0494. The smallest absolute Gasteiger partial charge is 0.446 e. The lowest BCUT2D eigenvalue weighted by Crippen LogP contribution is -2.07. The molecule has 0 bridgehead atoms. The summed E-state index contributed by atoms with van der Waals surface area (Å²) in [4.78, 5) is 11.8. The van der Waals surface area contributed by atoms with E-state index in [-0.39, 0.29) is 39.9 Å². The molecular weight excluding hydrogens is 349 g/mol. The summed E-state index contributed by atoms with van der Waals surface area (Å²) in [6.45, 7) is 3.89. The van der Waals surface area contributed by atoms with Crippen molar-refractivity contribution in [3.05, 3.63) is 35.9 Å². The van der Waals surface area contributed by atoms with Gasteiger partial charge in [-0.05, 0) is 40.8 Å². The Kier molecular flexibility index (Phi) is 5.06. The number of ether oxygens (including phenoxy) is 1. The number of rotatable bonds is 4. The Hall–Kier alpha value is -1.14. The van der Waals surface area contributed by atoms with Crippen LogP contribution in [0, 0.1) is 17.3 Å². The van der Waals surface area contributed by atoms with Crippen LogP contribution >= 0.6 is 23.4 Å². The van der Waals surface area contributed by atoms with E-state index in [2.05, 4.69) is 0 Å². The molecule has 0 aromatic heterocycles. The third-order valence-corrected chi connectivity index (χ3v) is 5.14. The summed E-state index contributed by atoms with van der Waals surface area (Å²) < 4.78 is 41.7. The number of carbonyl (C=O) groups excluding carboxylic acids is 1. The van der Waals surface area contributed by atoms with Crippen molar-refractivity contribution in [2.24, 2.45) is 17.3 Å². The number of alkyl halides is 3. The number of carbonyl (C=O) groups is 1. The lowest BCUT2D eigenvalue weighted by Gasteiger charge is -2.06. The molecule has 0 heterocycles. The Morgan fingerprint density at radius 2 is 1.87 bits per heavy atom. The van der Waals surface area contributed by atoms with Crippen LogP contribution in [0.3, 0.4) is 0 Å². The van der Waals surface area contributed by atoms with Gasteiger partial charge in [0.25, 0.3) is 0 Å². The Morgan fingerprint density at radius 3 is 2.35 bits per heavy atom. The van der Waals surface area contributed by atoms with E-state index >= 15 is 0 Å². The normalized spacial score (nSPS) is 23.5. The SMILES string of the molecule is COC(=O)C1C(C=C(Cl)c2ccc(SC(F)(F)F)cc2)C1(C)C. The second kappa shape index (κ2) is 6.40. The molecule has 126 valence electrons. The van der Waals surface area contributed by atoms with Gasteiger partial charge in [-0.3, -0.25) is 4.79 Å². The van der Waals surface area contributed by atoms with Crippen molar-refractivity contribution in [1.82, 2.24) is 0 Å². The van der Waals surface area contributed by atoms with Crippen molar-refractivity contribution in [1.29, 1.82) is 0 Å². The van der Waals surface area contributed by atoms with Gasteiger partial charge in [0.1, 0.15) is 0 Å². The van der Waals surface area contributed by atoms with E-state index in [1.807, 2.05) is 13.8 Å². The molecule has 2 atom stereocenters. The number of benzene rings is 1. The second-order valence-electron chi connectivity index (χ2n) is 5.93. The Morgan fingerprint density at radius 1 is 1.30 bits per heavy atom. The van der Waals surface area contributed by atoms with E-state index in [0.717, 1.165) is 0 Å². The van der Waals surface area contributed by atoms with Crippen LogP contribution in [-0.2, 0) is 9.53 Å². The predicted octanol–water partition coefficient (Wildman–Crippen LogP) is 5.32. The number of hydrogen-bond acceptors (Lipinski definition) is 3. The molecule has 1 fully saturated rings. The largest absolute Gasteiger partial charge is 0.469 e. The highest BCUT2D eigenvalue weighted by molar-refractivity contribution is 8.00. The van der Waals surface area contributed by atoms with Crippen molar-refractivity contribution in [3.8, 4) is 0 Å². The van der Waals surface area contributed by atoms with Gasteiger partial charge in [-0.2, -0.15) is 13.2 Å². The molecule has 1 aromatic carbocycles. The first kappa shape index (κ1) is 18.2. The van der Waals surface area contributed by atoms with Gasteiger partial charge < -0.3 is 4.74 Å². The molecule has 0 spiro atoms. The van der Waals surface area contributed by atoms with Crippen LogP contribution in [0.4, 0.5) is 13.2 Å². The van der Waals surface area contributed by atoms with Crippen LogP contribution in [0.5, 0.6) is 0 Å². The lowest BCUT2D eigenvalue weighted by molar-refractivity contribution is -0.143. The van der Waals surface area contributed by atoms with Crippen LogP contribution in [0.25, 0.3) is 5.03 Å². The maximum absolute atomic E-state index is 12.3. The molecule has 2 unspecified atom stereocenters. The van der Waals surface area contributed by atoms with Crippen molar-refractivity contribution < 1.29 is 22.7 Å². The van der Waals surface area contributed by atoms with Gasteiger partial charge in [0.05, 0.1) is 13.0 Å². The van der Waals surface area contributed by atoms with Crippen molar-refractivity contribution in [3.63, 3.8) is 0 Å². The number of allylic oxidation sites excluding steroid dienone is 1. The number of halogens is 4. The fraction of sp³-hybridized carbons (Fsp3) is 0.438. The Bertz CT molecular complexity index is 623. The summed E-state index contributed by atoms with van der Waals surface area (Å²) in [5, 5.41) is 0.415. The van der Waals surface area contributed by atoms with E-state index in [1.165, 1.54) is 31.4 Å². The zero-order chi connectivity index (χ0) is 17.4. The molecule has 1 aromatic rings. The predicted molar refractivity (Wildman–Crippen MR) is 85.0 cm³/mol. The molecule has 0 saturated heterocycles. The fourth-order valence-electron chi connectivity index (χ4n) is 2.64. The summed E-state index contributed by atoms with van der Waals surface area (Å²) in [5.74, 6) is -0.578. The van der Waals surface area contributed by atoms with Gasteiger partial charge in [-0.1, -0.05) is 43.7 Å². The van der Waals surface area contributed by atoms with E-state index in [1.54, 1.807) is 6.08 Å². The number of hydrogen-bond donors (Lipinski definition) is 0. The first-order valence-electron chi connectivity index (χ1n) is 6.87. The molecule has 1 aliphatic carbocycles. The molecule has 2 nitrogen and oxygen atoms in total. The minimum atomic E-state index is -4.31. The van der Waals surface area contributed by atoms with E-state index in [9.17, 15) is 18.0 Å². The maximum Gasteiger partial charge on any atom is 0.446 e. The maximum atomic E-state index is 12.3. The first-order valence-corrected chi connectivity index (χ1v) is 8.07. The van der Waals surface area contributed by atoms with Crippen molar-refractivity contribution in [2.45, 2.75) is 24.3 Å².